The van der Waals surface area contributed by atoms with E-state index < -0.39 is 0 Å². The van der Waals surface area contributed by atoms with Gasteiger partial charge in [-0.15, -0.1) is 0 Å². The van der Waals surface area contributed by atoms with Gasteiger partial charge < -0.3 is 15.4 Å². The van der Waals surface area contributed by atoms with Gasteiger partial charge in [0.15, 0.2) is 17.4 Å². The van der Waals surface area contributed by atoms with Crippen molar-refractivity contribution in [3.05, 3.63) is 47.4 Å². The Morgan fingerprint density at radius 1 is 1.26 bits per heavy atom. The van der Waals surface area contributed by atoms with E-state index in [1.54, 1.807) is 23.3 Å². The highest BCUT2D eigenvalue weighted by Crippen LogP contribution is 2.29. The summed E-state index contributed by atoms with van der Waals surface area (Å²) in [7, 11) is 2.15. The number of rotatable bonds is 4. The van der Waals surface area contributed by atoms with Gasteiger partial charge in [-0.2, -0.15) is 5.10 Å². The molecule has 140 valence electrons. The molecule has 0 atom stereocenters. The standard InChI is InChI=1S/C20H24N6O/c1-4-27-16-9-23-26(12-16)20-19(21)22-10-18(24-20)14-7-13(2)17-5-6-25(3)11-15(17)8-14/h7-10,12H,4-6,11H2,1-3H3,(H2,21,22). The Balaban J connectivity index is 1.74. The summed E-state index contributed by atoms with van der Waals surface area (Å²) in [4.78, 5) is 11.4. The Kier molecular flexibility index (Phi) is 4.53. The summed E-state index contributed by atoms with van der Waals surface area (Å²) < 4.78 is 7.08. The van der Waals surface area contributed by atoms with Crippen LogP contribution in [0.2, 0.25) is 0 Å². The van der Waals surface area contributed by atoms with E-state index in [4.69, 9.17) is 15.5 Å². The van der Waals surface area contributed by atoms with Crippen LogP contribution < -0.4 is 10.5 Å². The van der Waals surface area contributed by atoms with Crippen molar-refractivity contribution in [3.63, 3.8) is 0 Å². The average molecular weight is 364 g/mol. The van der Waals surface area contributed by atoms with Crippen LogP contribution >= 0.6 is 0 Å². The highest BCUT2D eigenvalue weighted by molar-refractivity contribution is 5.65. The molecule has 1 aromatic carbocycles. The number of nitrogens with two attached hydrogens (primary N) is 1. The van der Waals surface area contributed by atoms with Gasteiger partial charge in [-0.25, -0.2) is 14.6 Å². The molecule has 1 aliphatic heterocycles. The first-order valence-corrected chi connectivity index (χ1v) is 9.17. The minimum absolute atomic E-state index is 0.333. The lowest BCUT2D eigenvalue weighted by atomic mass is 9.92. The largest absolute Gasteiger partial charge is 0.491 e. The third-order valence-corrected chi connectivity index (χ3v) is 4.91. The molecule has 0 fully saturated rings. The van der Waals surface area contributed by atoms with Crippen molar-refractivity contribution in [2.45, 2.75) is 26.8 Å². The molecular weight excluding hydrogens is 340 g/mol. The second-order valence-electron chi connectivity index (χ2n) is 6.94. The van der Waals surface area contributed by atoms with Gasteiger partial charge in [-0.3, -0.25) is 0 Å². The first kappa shape index (κ1) is 17.5. The Morgan fingerprint density at radius 3 is 2.93 bits per heavy atom. The molecule has 0 radical (unpaired) electrons. The normalized spacial score (nSPS) is 14.2. The molecule has 3 aromatic rings. The average Bonchev–Trinajstić information content (AvgIpc) is 3.10. The third-order valence-electron chi connectivity index (χ3n) is 4.91. The van der Waals surface area contributed by atoms with Crippen LogP contribution in [0.4, 0.5) is 5.82 Å². The predicted molar refractivity (Wildman–Crippen MR) is 105 cm³/mol. The zero-order valence-corrected chi connectivity index (χ0v) is 15.9. The lowest BCUT2D eigenvalue weighted by Gasteiger charge is -2.27. The van der Waals surface area contributed by atoms with Gasteiger partial charge in [0, 0.05) is 18.7 Å². The highest BCUT2D eigenvalue weighted by Gasteiger charge is 2.18. The summed E-state index contributed by atoms with van der Waals surface area (Å²) in [6.07, 6.45) is 6.22. The number of nitrogen functional groups attached to an aromatic ring is 1. The van der Waals surface area contributed by atoms with E-state index in [9.17, 15) is 0 Å². The number of hydrogen-bond acceptors (Lipinski definition) is 6. The van der Waals surface area contributed by atoms with Crippen molar-refractivity contribution in [1.82, 2.24) is 24.6 Å². The van der Waals surface area contributed by atoms with Gasteiger partial charge in [0.2, 0.25) is 0 Å². The number of anilines is 1. The van der Waals surface area contributed by atoms with Gasteiger partial charge in [0.1, 0.15) is 0 Å². The highest BCUT2D eigenvalue weighted by atomic mass is 16.5. The van der Waals surface area contributed by atoms with Gasteiger partial charge in [-0.1, -0.05) is 0 Å². The SMILES string of the molecule is CCOc1cnn(-c2nc(-c3cc(C)c4c(c3)CN(C)CC4)cnc2N)c1. The van der Waals surface area contributed by atoms with Gasteiger partial charge >= 0.3 is 0 Å². The molecule has 2 aromatic heterocycles. The summed E-state index contributed by atoms with van der Waals surface area (Å²) in [6.45, 7) is 6.73. The van der Waals surface area contributed by atoms with Crippen LogP contribution in [0.15, 0.2) is 30.7 Å². The third kappa shape index (κ3) is 3.38. The Morgan fingerprint density at radius 2 is 2.11 bits per heavy atom. The van der Waals surface area contributed by atoms with E-state index in [1.165, 1.54) is 16.7 Å². The number of likely N-dealkylation sites (N-methyl/N-ethyl adjacent to an activating group) is 1. The molecule has 27 heavy (non-hydrogen) atoms. The molecule has 7 nitrogen and oxygen atoms in total. The lowest BCUT2D eigenvalue weighted by Crippen LogP contribution is -2.27. The van der Waals surface area contributed by atoms with E-state index in [0.29, 0.717) is 24.0 Å². The molecule has 0 spiro atoms. The van der Waals surface area contributed by atoms with Crippen LogP contribution in [-0.4, -0.2) is 44.8 Å². The van der Waals surface area contributed by atoms with Crippen molar-refractivity contribution < 1.29 is 4.74 Å². The summed E-state index contributed by atoms with van der Waals surface area (Å²) in [6, 6.07) is 4.40. The first-order valence-electron chi connectivity index (χ1n) is 9.17. The molecule has 3 heterocycles. The van der Waals surface area contributed by atoms with Gasteiger partial charge in [0.25, 0.3) is 0 Å². The second-order valence-corrected chi connectivity index (χ2v) is 6.94. The fourth-order valence-corrected chi connectivity index (χ4v) is 3.57. The van der Waals surface area contributed by atoms with Crippen LogP contribution in [0.25, 0.3) is 17.1 Å². The van der Waals surface area contributed by atoms with E-state index in [1.807, 2.05) is 6.92 Å². The van der Waals surface area contributed by atoms with Crippen LogP contribution in [0.5, 0.6) is 5.75 Å². The number of aryl methyl sites for hydroxylation is 1. The maximum Gasteiger partial charge on any atom is 0.197 e. The number of hydrogen-bond donors (Lipinski definition) is 1. The molecule has 0 unspecified atom stereocenters. The minimum atomic E-state index is 0.333. The van der Waals surface area contributed by atoms with Crippen LogP contribution in [0.3, 0.4) is 0 Å². The molecule has 0 saturated carbocycles. The zero-order chi connectivity index (χ0) is 19.0. The van der Waals surface area contributed by atoms with E-state index in [-0.39, 0.29) is 0 Å². The van der Waals surface area contributed by atoms with Crippen LogP contribution in [-0.2, 0) is 13.0 Å². The molecule has 2 N–H and O–H groups in total. The molecule has 0 aliphatic carbocycles. The number of ether oxygens (including phenoxy) is 1. The smallest absolute Gasteiger partial charge is 0.197 e. The van der Waals surface area contributed by atoms with E-state index in [2.05, 4.69) is 41.1 Å². The first-order chi connectivity index (χ1) is 13.0. The quantitative estimate of drug-likeness (QED) is 0.766. The van der Waals surface area contributed by atoms with Crippen molar-refractivity contribution in [2.75, 3.05) is 25.9 Å². The number of fused-ring (bicyclic) bond motifs is 1. The molecule has 0 saturated heterocycles. The lowest BCUT2D eigenvalue weighted by molar-refractivity contribution is 0.312. The molecule has 0 bridgehead atoms. The predicted octanol–water partition coefficient (Wildman–Crippen LogP) is 2.61. The molecule has 0 amide bonds. The molecule has 4 rings (SSSR count). The molecular formula is C20H24N6O. The molecule has 7 heteroatoms. The van der Waals surface area contributed by atoms with Crippen molar-refractivity contribution in [1.29, 1.82) is 0 Å². The van der Waals surface area contributed by atoms with Gasteiger partial charge in [-0.05, 0) is 56.1 Å². The summed E-state index contributed by atoms with van der Waals surface area (Å²) >= 11 is 0. The number of aromatic nitrogens is 4. The monoisotopic (exact) mass is 364 g/mol. The second kappa shape index (κ2) is 7.00. The minimum Gasteiger partial charge on any atom is -0.491 e. The summed E-state index contributed by atoms with van der Waals surface area (Å²) in [5.74, 6) is 1.52. The van der Waals surface area contributed by atoms with Crippen LogP contribution in [0.1, 0.15) is 23.6 Å². The van der Waals surface area contributed by atoms with Crippen molar-refractivity contribution >= 4 is 5.82 Å². The maximum absolute atomic E-state index is 6.06. The number of nitrogens with zero attached hydrogens (tertiary/aromatic N) is 5. The van der Waals surface area contributed by atoms with E-state index in [0.717, 1.165) is 30.8 Å². The number of benzene rings is 1. The fraction of sp³-hybridized carbons (Fsp3) is 0.350. The fourth-order valence-electron chi connectivity index (χ4n) is 3.57. The molecule has 1 aliphatic rings. The maximum atomic E-state index is 6.06. The van der Waals surface area contributed by atoms with Crippen molar-refractivity contribution in [3.8, 4) is 22.8 Å². The van der Waals surface area contributed by atoms with Crippen molar-refractivity contribution in [2.24, 2.45) is 0 Å². The summed E-state index contributed by atoms with van der Waals surface area (Å²) in [5, 5.41) is 4.30. The Hall–Kier alpha value is -2.93. The summed E-state index contributed by atoms with van der Waals surface area (Å²) in [5.41, 5.74) is 12.0. The van der Waals surface area contributed by atoms with Crippen LogP contribution in [0, 0.1) is 6.92 Å². The topological polar surface area (TPSA) is 82.1 Å². The zero-order valence-electron chi connectivity index (χ0n) is 15.9. The van der Waals surface area contributed by atoms with Gasteiger partial charge in [0.05, 0.1) is 30.9 Å². The Labute approximate surface area is 158 Å². The Bertz CT molecular complexity index is 981. The van der Waals surface area contributed by atoms with E-state index >= 15 is 0 Å².